The number of anilines is 1. The van der Waals surface area contributed by atoms with Crippen LogP contribution in [-0.4, -0.2) is 39.2 Å². The third-order valence-electron chi connectivity index (χ3n) is 5.81. The molecule has 0 bridgehead atoms. The van der Waals surface area contributed by atoms with Crippen molar-refractivity contribution in [1.82, 2.24) is 20.1 Å². The molecule has 1 atom stereocenters. The van der Waals surface area contributed by atoms with E-state index in [1.807, 2.05) is 12.4 Å². The van der Waals surface area contributed by atoms with Crippen LogP contribution in [0.25, 0.3) is 11.0 Å². The van der Waals surface area contributed by atoms with E-state index in [1.54, 1.807) is 0 Å². The van der Waals surface area contributed by atoms with Crippen molar-refractivity contribution in [3.05, 3.63) is 90.3 Å². The Morgan fingerprint density at radius 2 is 1.62 bits per heavy atom. The van der Waals surface area contributed by atoms with Gasteiger partial charge < -0.3 is 4.90 Å². The molecule has 1 saturated heterocycles. The van der Waals surface area contributed by atoms with Crippen molar-refractivity contribution < 1.29 is 0 Å². The molecule has 5 nitrogen and oxygen atoms in total. The van der Waals surface area contributed by atoms with Crippen molar-refractivity contribution in [2.45, 2.75) is 25.6 Å². The van der Waals surface area contributed by atoms with Gasteiger partial charge in [0.2, 0.25) is 0 Å². The lowest BCUT2D eigenvalue weighted by Crippen LogP contribution is -2.36. The molecule has 0 amide bonds. The quantitative estimate of drug-likeness (QED) is 0.541. The van der Waals surface area contributed by atoms with Crippen LogP contribution in [0.4, 0.5) is 5.69 Å². The zero-order chi connectivity index (χ0) is 19.5. The lowest BCUT2D eigenvalue weighted by molar-refractivity contribution is 0.191. The number of aromatic nitrogens is 3. The molecular weight excluding hydrogens is 358 g/mol. The van der Waals surface area contributed by atoms with Crippen LogP contribution in [-0.2, 0) is 13.1 Å². The highest BCUT2D eigenvalue weighted by Crippen LogP contribution is 2.29. The van der Waals surface area contributed by atoms with E-state index in [0.717, 1.165) is 43.6 Å². The molecule has 0 radical (unpaired) electrons. The van der Waals surface area contributed by atoms with E-state index in [0.29, 0.717) is 6.04 Å². The minimum atomic E-state index is 0.505. The average Bonchev–Trinajstić information content (AvgIpc) is 3.44. The second-order valence-electron chi connectivity index (χ2n) is 7.73. The molecule has 1 unspecified atom stereocenters. The van der Waals surface area contributed by atoms with Crippen LogP contribution in [0.5, 0.6) is 0 Å². The van der Waals surface area contributed by atoms with Gasteiger partial charge in [-0.1, -0.05) is 60.7 Å². The Hall–Kier alpha value is -3.18. The van der Waals surface area contributed by atoms with Crippen LogP contribution in [0, 0.1) is 0 Å². The number of nitrogens with one attached hydrogen (secondary N) is 1. The van der Waals surface area contributed by atoms with E-state index in [-0.39, 0.29) is 0 Å². The van der Waals surface area contributed by atoms with Gasteiger partial charge in [-0.15, -0.1) is 0 Å². The van der Waals surface area contributed by atoms with E-state index in [9.17, 15) is 0 Å². The number of fused-ring (bicyclic) bond motifs is 1. The smallest absolute Gasteiger partial charge is 0.157 e. The number of rotatable bonds is 6. The van der Waals surface area contributed by atoms with Crippen LogP contribution >= 0.6 is 0 Å². The first-order valence-electron chi connectivity index (χ1n) is 10.2. The minimum absolute atomic E-state index is 0.505. The summed E-state index contributed by atoms with van der Waals surface area (Å²) in [5, 5.41) is 8.26. The molecule has 0 spiro atoms. The van der Waals surface area contributed by atoms with Gasteiger partial charge in [-0.05, 0) is 23.6 Å². The number of nitrogens with zero attached hydrogens (tertiary/aromatic N) is 4. The Kier molecular flexibility index (Phi) is 4.97. The van der Waals surface area contributed by atoms with Crippen LogP contribution in [0.2, 0.25) is 0 Å². The minimum Gasteiger partial charge on any atom is -0.369 e. The topological polar surface area (TPSA) is 48.0 Å². The monoisotopic (exact) mass is 383 g/mol. The molecule has 4 aromatic rings. The van der Waals surface area contributed by atoms with Crippen molar-refractivity contribution in [3.63, 3.8) is 0 Å². The van der Waals surface area contributed by atoms with Gasteiger partial charge >= 0.3 is 0 Å². The third kappa shape index (κ3) is 3.87. The maximum atomic E-state index is 4.38. The van der Waals surface area contributed by atoms with E-state index in [1.165, 1.54) is 16.8 Å². The summed E-state index contributed by atoms with van der Waals surface area (Å²) < 4.78 is 0. The highest BCUT2D eigenvalue weighted by atomic mass is 15.3. The number of H-pyrrole nitrogens is 1. The number of hydrogen-bond donors (Lipinski definition) is 1. The number of pyridine rings is 1. The second-order valence-corrected chi connectivity index (χ2v) is 7.73. The standard InChI is InChI=1S/C24H25N5/c1-3-7-19(8-4-1)16-29(17-20-9-5-2-6-10-20)21-12-14-28(18-21)23-11-13-25-24-22(23)15-26-27-24/h1-11,13,15,21H,12,14,16-18H2,(H,25,26,27). The van der Waals surface area contributed by atoms with Gasteiger partial charge in [-0.3, -0.25) is 10.00 Å². The molecule has 2 aromatic carbocycles. The Bertz CT molecular complexity index is 1020. The van der Waals surface area contributed by atoms with Gasteiger partial charge in [0, 0.05) is 38.4 Å². The van der Waals surface area contributed by atoms with Crippen molar-refractivity contribution in [3.8, 4) is 0 Å². The summed E-state index contributed by atoms with van der Waals surface area (Å²) in [4.78, 5) is 9.49. The fraction of sp³-hybridized carbons (Fsp3) is 0.250. The van der Waals surface area contributed by atoms with Crippen LogP contribution in [0.15, 0.2) is 79.1 Å². The molecule has 1 aliphatic rings. The molecule has 1 aliphatic heterocycles. The van der Waals surface area contributed by atoms with Gasteiger partial charge in [0.05, 0.1) is 17.3 Å². The predicted molar refractivity (Wildman–Crippen MR) is 117 cm³/mol. The molecule has 5 heteroatoms. The summed E-state index contributed by atoms with van der Waals surface area (Å²) in [6, 6.07) is 24.2. The fourth-order valence-corrected chi connectivity index (χ4v) is 4.32. The van der Waals surface area contributed by atoms with E-state index < -0.39 is 0 Å². The van der Waals surface area contributed by atoms with Crippen molar-refractivity contribution in [1.29, 1.82) is 0 Å². The first-order valence-corrected chi connectivity index (χ1v) is 10.2. The lowest BCUT2D eigenvalue weighted by atomic mass is 10.1. The molecular formula is C24H25N5. The molecule has 1 N–H and O–H groups in total. The van der Waals surface area contributed by atoms with Gasteiger partial charge in [-0.25, -0.2) is 4.98 Å². The predicted octanol–water partition coefficient (Wildman–Crippen LogP) is 4.24. The molecule has 3 heterocycles. The molecule has 1 fully saturated rings. The third-order valence-corrected chi connectivity index (χ3v) is 5.81. The summed E-state index contributed by atoms with van der Waals surface area (Å²) in [6.07, 6.45) is 4.91. The first kappa shape index (κ1) is 17.9. The SMILES string of the molecule is c1ccc(CN(Cc2ccccc2)C2CCN(c3ccnc4[nH]ncc34)C2)cc1. The normalized spacial score (nSPS) is 16.7. The average molecular weight is 383 g/mol. The van der Waals surface area contributed by atoms with E-state index in [2.05, 4.69) is 91.7 Å². The molecule has 29 heavy (non-hydrogen) atoms. The van der Waals surface area contributed by atoms with Gasteiger partial charge in [0.1, 0.15) is 0 Å². The Labute approximate surface area is 171 Å². The first-order chi connectivity index (χ1) is 14.4. The van der Waals surface area contributed by atoms with Crippen molar-refractivity contribution >= 4 is 16.7 Å². The molecule has 0 aliphatic carbocycles. The van der Waals surface area contributed by atoms with Gasteiger partial charge in [-0.2, -0.15) is 5.10 Å². The Morgan fingerprint density at radius 1 is 0.931 bits per heavy atom. The summed E-state index contributed by atoms with van der Waals surface area (Å²) in [6.45, 7) is 4.00. The van der Waals surface area contributed by atoms with Gasteiger partial charge in [0.25, 0.3) is 0 Å². The van der Waals surface area contributed by atoms with Gasteiger partial charge in [0.15, 0.2) is 5.65 Å². The Morgan fingerprint density at radius 3 is 2.31 bits per heavy atom. The van der Waals surface area contributed by atoms with Crippen LogP contribution in [0.1, 0.15) is 17.5 Å². The fourth-order valence-electron chi connectivity index (χ4n) is 4.32. The zero-order valence-corrected chi connectivity index (χ0v) is 16.4. The highest BCUT2D eigenvalue weighted by molar-refractivity contribution is 5.88. The molecule has 0 saturated carbocycles. The lowest BCUT2D eigenvalue weighted by Gasteiger charge is -2.29. The summed E-state index contributed by atoms with van der Waals surface area (Å²) in [5.41, 5.74) is 4.81. The molecule has 5 rings (SSSR count). The van der Waals surface area contributed by atoms with Crippen LogP contribution in [0.3, 0.4) is 0 Å². The summed E-state index contributed by atoms with van der Waals surface area (Å²) >= 11 is 0. The van der Waals surface area contributed by atoms with Crippen molar-refractivity contribution in [2.75, 3.05) is 18.0 Å². The maximum Gasteiger partial charge on any atom is 0.157 e. The molecule has 2 aromatic heterocycles. The van der Waals surface area contributed by atoms with E-state index in [4.69, 9.17) is 0 Å². The van der Waals surface area contributed by atoms with Crippen molar-refractivity contribution in [2.24, 2.45) is 0 Å². The summed E-state index contributed by atoms with van der Waals surface area (Å²) in [7, 11) is 0. The largest absolute Gasteiger partial charge is 0.369 e. The maximum absolute atomic E-state index is 4.38. The summed E-state index contributed by atoms with van der Waals surface area (Å²) in [5.74, 6) is 0. The molecule has 146 valence electrons. The van der Waals surface area contributed by atoms with E-state index >= 15 is 0 Å². The van der Waals surface area contributed by atoms with Crippen LogP contribution < -0.4 is 4.90 Å². The Balaban J connectivity index is 1.38. The highest BCUT2D eigenvalue weighted by Gasteiger charge is 2.29. The zero-order valence-electron chi connectivity index (χ0n) is 16.4. The second kappa shape index (κ2) is 8.05. The number of aromatic amines is 1. The number of hydrogen-bond acceptors (Lipinski definition) is 4. The number of benzene rings is 2.